The van der Waals surface area contributed by atoms with Gasteiger partial charge in [0.05, 0.1) is 12.5 Å². The van der Waals surface area contributed by atoms with Crippen molar-refractivity contribution >= 4 is 28.9 Å². The number of nitrogens with zero attached hydrogens (tertiary/aromatic N) is 3. The van der Waals surface area contributed by atoms with Crippen molar-refractivity contribution in [2.24, 2.45) is 0 Å². The van der Waals surface area contributed by atoms with Crippen molar-refractivity contribution in [2.45, 2.75) is 38.5 Å². The summed E-state index contributed by atoms with van der Waals surface area (Å²) in [5.74, 6) is -0.346. The van der Waals surface area contributed by atoms with E-state index in [-0.39, 0.29) is 31.1 Å². The lowest BCUT2D eigenvalue weighted by Crippen LogP contribution is -2.32. The van der Waals surface area contributed by atoms with E-state index in [2.05, 4.69) is 22.4 Å². The van der Waals surface area contributed by atoms with Gasteiger partial charge >= 0.3 is 0 Å². The van der Waals surface area contributed by atoms with Crippen molar-refractivity contribution in [3.8, 4) is 6.07 Å². The highest BCUT2D eigenvalue weighted by Gasteiger charge is 2.17. The third-order valence-corrected chi connectivity index (χ3v) is 5.23. The molecule has 2 amide bonds. The van der Waals surface area contributed by atoms with Crippen LogP contribution in [0.5, 0.6) is 0 Å². The van der Waals surface area contributed by atoms with E-state index >= 15 is 0 Å². The number of nitriles is 1. The number of nitrogens with one attached hydrogen (secondary N) is 1. The maximum absolute atomic E-state index is 12.7. The molecule has 1 aliphatic rings. The predicted octanol–water partition coefficient (Wildman–Crippen LogP) is 4.34. The smallest absolute Gasteiger partial charge is 0.227 e. The van der Waals surface area contributed by atoms with Crippen molar-refractivity contribution in [1.29, 1.82) is 5.26 Å². The molecule has 0 saturated carbocycles. The molecule has 2 aromatic carbocycles. The van der Waals surface area contributed by atoms with Crippen LogP contribution in [0.1, 0.15) is 38.5 Å². The fourth-order valence-electron chi connectivity index (χ4n) is 3.68. The fraction of sp³-hybridized carbons (Fsp3) is 0.375. The zero-order valence-corrected chi connectivity index (χ0v) is 17.2. The van der Waals surface area contributed by atoms with Gasteiger partial charge in [0.2, 0.25) is 11.8 Å². The Morgan fingerprint density at radius 1 is 1.00 bits per heavy atom. The Labute approximate surface area is 178 Å². The van der Waals surface area contributed by atoms with Gasteiger partial charge in [-0.2, -0.15) is 5.26 Å². The maximum atomic E-state index is 12.7. The molecule has 30 heavy (non-hydrogen) atoms. The molecular weight excluding hydrogens is 376 g/mol. The molecule has 3 rings (SSSR count). The van der Waals surface area contributed by atoms with Crippen molar-refractivity contribution in [3.05, 3.63) is 54.6 Å². The van der Waals surface area contributed by atoms with Crippen molar-refractivity contribution in [3.63, 3.8) is 0 Å². The Morgan fingerprint density at radius 2 is 1.77 bits per heavy atom. The number of anilines is 3. The van der Waals surface area contributed by atoms with E-state index in [9.17, 15) is 9.59 Å². The first-order valence-corrected chi connectivity index (χ1v) is 10.5. The molecule has 0 radical (unpaired) electrons. The largest absolute Gasteiger partial charge is 0.371 e. The van der Waals surface area contributed by atoms with Gasteiger partial charge in [-0.3, -0.25) is 9.59 Å². The monoisotopic (exact) mass is 404 g/mol. The molecule has 0 spiro atoms. The average Bonchev–Trinajstić information content (AvgIpc) is 2.79. The van der Waals surface area contributed by atoms with Gasteiger partial charge in [0.15, 0.2) is 0 Å². The van der Waals surface area contributed by atoms with Crippen LogP contribution in [-0.2, 0) is 9.59 Å². The van der Waals surface area contributed by atoms with Crippen molar-refractivity contribution < 1.29 is 9.59 Å². The number of carbonyl (C=O) groups excluding carboxylic acids is 2. The topological polar surface area (TPSA) is 76.4 Å². The normalized spacial score (nSPS) is 13.4. The summed E-state index contributed by atoms with van der Waals surface area (Å²) in [6, 6.07) is 19.2. The van der Waals surface area contributed by atoms with Gasteiger partial charge in [-0.1, -0.05) is 24.3 Å². The molecule has 0 bridgehead atoms. The Morgan fingerprint density at radius 3 is 2.50 bits per heavy atom. The summed E-state index contributed by atoms with van der Waals surface area (Å²) in [4.78, 5) is 29.0. The number of benzene rings is 2. The molecule has 156 valence electrons. The van der Waals surface area contributed by atoms with E-state index in [1.807, 2.05) is 48.5 Å². The van der Waals surface area contributed by atoms with Crippen LogP contribution in [0.15, 0.2) is 54.6 Å². The lowest BCUT2D eigenvalue weighted by Gasteiger charge is -2.29. The van der Waals surface area contributed by atoms with Gasteiger partial charge in [0, 0.05) is 49.5 Å². The SMILES string of the molecule is N#CCCN(C(=O)CCC(=O)Nc1cccc(N2CCCCC2)c1)c1ccccc1. The third-order valence-electron chi connectivity index (χ3n) is 5.23. The first-order valence-electron chi connectivity index (χ1n) is 10.5. The zero-order valence-electron chi connectivity index (χ0n) is 17.2. The van der Waals surface area contributed by atoms with Crippen LogP contribution in [0.3, 0.4) is 0 Å². The van der Waals surface area contributed by atoms with Crippen LogP contribution in [0, 0.1) is 11.3 Å². The fourth-order valence-corrected chi connectivity index (χ4v) is 3.68. The molecule has 1 saturated heterocycles. The number of piperidine rings is 1. The van der Waals surface area contributed by atoms with E-state index in [4.69, 9.17) is 5.26 Å². The molecule has 0 unspecified atom stereocenters. The van der Waals surface area contributed by atoms with Gasteiger partial charge in [0.1, 0.15) is 0 Å². The highest BCUT2D eigenvalue weighted by molar-refractivity contribution is 5.98. The first-order chi connectivity index (χ1) is 14.7. The molecule has 2 aromatic rings. The first kappa shape index (κ1) is 21.4. The van der Waals surface area contributed by atoms with Crippen LogP contribution in [0.25, 0.3) is 0 Å². The van der Waals surface area contributed by atoms with Gasteiger partial charge in [0.25, 0.3) is 0 Å². The summed E-state index contributed by atoms with van der Waals surface area (Å²) in [6.07, 6.45) is 4.11. The second kappa shape index (κ2) is 11.0. The van der Waals surface area contributed by atoms with Gasteiger partial charge in [-0.15, -0.1) is 0 Å². The Balaban J connectivity index is 1.55. The second-order valence-corrected chi connectivity index (χ2v) is 7.44. The standard InChI is InChI=1S/C24H28N4O2/c25-15-8-18-28(21-10-3-1-4-11-21)24(30)14-13-23(29)26-20-9-7-12-22(19-20)27-16-5-2-6-17-27/h1,3-4,7,9-12,19H,2,5-6,8,13-14,16-18H2,(H,26,29). The van der Waals surface area contributed by atoms with Crippen molar-refractivity contribution in [2.75, 3.05) is 34.8 Å². The Hall–Kier alpha value is -3.33. The van der Waals surface area contributed by atoms with Crippen LogP contribution in [-0.4, -0.2) is 31.4 Å². The maximum Gasteiger partial charge on any atom is 0.227 e. The van der Waals surface area contributed by atoms with E-state index in [0.29, 0.717) is 6.54 Å². The van der Waals surface area contributed by atoms with Crippen LogP contribution in [0.4, 0.5) is 17.1 Å². The Kier molecular flexibility index (Phi) is 7.85. The highest BCUT2D eigenvalue weighted by Crippen LogP contribution is 2.23. The van der Waals surface area contributed by atoms with E-state index < -0.39 is 0 Å². The lowest BCUT2D eigenvalue weighted by molar-refractivity contribution is -0.122. The van der Waals surface area contributed by atoms with Gasteiger partial charge in [-0.05, 0) is 49.6 Å². The molecule has 6 nitrogen and oxygen atoms in total. The molecule has 0 aliphatic carbocycles. The number of hydrogen-bond acceptors (Lipinski definition) is 4. The molecule has 1 aliphatic heterocycles. The molecule has 1 heterocycles. The molecular formula is C24H28N4O2. The number of amides is 2. The summed E-state index contributed by atoms with van der Waals surface area (Å²) in [6.45, 7) is 2.41. The molecule has 0 aromatic heterocycles. The minimum atomic E-state index is -0.188. The quantitative estimate of drug-likeness (QED) is 0.710. The van der Waals surface area contributed by atoms with Crippen LogP contribution >= 0.6 is 0 Å². The van der Waals surface area contributed by atoms with E-state index in [0.717, 1.165) is 30.2 Å². The minimum absolute atomic E-state index is 0.0952. The average molecular weight is 405 g/mol. The summed E-state index contributed by atoms with van der Waals surface area (Å²) in [7, 11) is 0. The Bertz CT molecular complexity index is 886. The second-order valence-electron chi connectivity index (χ2n) is 7.44. The third kappa shape index (κ3) is 6.08. The highest BCUT2D eigenvalue weighted by atomic mass is 16.2. The van der Waals surface area contributed by atoms with Crippen LogP contribution < -0.4 is 15.1 Å². The predicted molar refractivity (Wildman–Crippen MR) is 119 cm³/mol. The zero-order chi connectivity index (χ0) is 21.2. The molecule has 1 fully saturated rings. The summed E-state index contributed by atoms with van der Waals surface area (Å²) in [5, 5.41) is 11.8. The molecule has 6 heteroatoms. The number of rotatable bonds is 8. The number of para-hydroxylation sites is 1. The lowest BCUT2D eigenvalue weighted by atomic mass is 10.1. The van der Waals surface area contributed by atoms with E-state index in [1.165, 1.54) is 19.3 Å². The van der Waals surface area contributed by atoms with Gasteiger partial charge in [-0.25, -0.2) is 0 Å². The van der Waals surface area contributed by atoms with Crippen molar-refractivity contribution in [1.82, 2.24) is 0 Å². The number of hydrogen-bond donors (Lipinski definition) is 1. The summed E-state index contributed by atoms with van der Waals surface area (Å²) >= 11 is 0. The van der Waals surface area contributed by atoms with Gasteiger partial charge < -0.3 is 15.1 Å². The minimum Gasteiger partial charge on any atom is -0.371 e. The number of carbonyl (C=O) groups is 2. The van der Waals surface area contributed by atoms with E-state index in [1.54, 1.807) is 4.90 Å². The summed E-state index contributed by atoms with van der Waals surface area (Å²) in [5.41, 5.74) is 2.61. The summed E-state index contributed by atoms with van der Waals surface area (Å²) < 4.78 is 0. The molecule has 1 N–H and O–H groups in total. The van der Waals surface area contributed by atoms with Crippen LogP contribution in [0.2, 0.25) is 0 Å². The molecule has 0 atom stereocenters.